The fraction of sp³-hybridized carbons (Fsp3) is 0.148. The first-order valence-electron chi connectivity index (χ1n) is 11.3. The molecular weight excluding hydrogens is 497 g/mol. The number of ether oxygens (including phenoxy) is 1. The monoisotopic (exact) mass is 519 g/mol. The van der Waals surface area contributed by atoms with Gasteiger partial charge in [-0.3, -0.25) is 4.79 Å². The summed E-state index contributed by atoms with van der Waals surface area (Å²) in [5, 5.41) is 7.34. The highest BCUT2D eigenvalue weighted by atomic mass is 32.2. The van der Waals surface area contributed by atoms with E-state index in [1.54, 1.807) is 6.92 Å². The molecule has 3 heterocycles. The number of benzene rings is 2. The maximum absolute atomic E-state index is 13.4. The number of esters is 1. The van der Waals surface area contributed by atoms with E-state index >= 15 is 0 Å². The largest absolute Gasteiger partial charge is 0.463 e. The van der Waals surface area contributed by atoms with Gasteiger partial charge in [-0.05, 0) is 48.0 Å². The van der Waals surface area contributed by atoms with Crippen LogP contribution < -0.4 is 5.32 Å². The van der Waals surface area contributed by atoms with Crippen LogP contribution in [0.1, 0.15) is 29.8 Å². The number of amidine groups is 1. The molecule has 0 saturated heterocycles. The number of hydrogen-bond donors (Lipinski definition) is 1. The third kappa shape index (κ3) is 4.84. The van der Waals surface area contributed by atoms with Gasteiger partial charge in [0.2, 0.25) is 5.91 Å². The van der Waals surface area contributed by atoms with Gasteiger partial charge in [0.25, 0.3) is 0 Å². The lowest BCUT2D eigenvalue weighted by atomic mass is 9.95. The van der Waals surface area contributed by atoms with Gasteiger partial charge in [0, 0.05) is 21.8 Å². The maximum atomic E-state index is 13.4. The van der Waals surface area contributed by atoms with Gasteiger partial charge in [0.15, 0.2) is 5.17 Å². The summed E-state index contributed by atoms with van der Waals surface area (Å²) in [7, 11) is 0. The second-order valence-corrected chi connectivity index (χ2v) is 9.81. The van der Waals surface area contributed by atoms with Crippen molar-refractivity contribution in [3.63, 3.8) is 0 Å². The third-order valence-electron chi connectivity index (χ3n) is 5.63. The van der Waals surface area contributed by atoms with Crippen LogP contribution in [0.15, 0.2) is 93.8 Å². The average Bonchev–Trinajstić information content (AvgIpc) is 3.56. The Hall–Kier alpha value is -3.69. The van der Waals surface area contributed by atoms with Gasteiger partial charge in [-0.1, -0.05) is 48.2 Å². The summed E-state index contributed by atoms with van der Waals surface area (Å²) in [6.45, 7) is 2.00. The molecule has 36 heavy (non-hydrogen) atoms. The smallest absolute Gasteiger partial charge is 0.338 e. The van der Waals surface area contributed by atoms with Crippen LogP contribution in [0.4, 0.5) is 10.1 Å². The van der Waals surface area contributed by atoms with Crippen LogP contribution in [0.2, 0.25) is 0 Å². The average molecular weight is 520 g/mol. The fourth-order valence-electron chi connectivity index (χ4n) is 4.11. The van der Waals surface area contributed by atoms with E-state index in [2.05, 4.69) is 5.32 Å². The molecule has 9 heteroatoms. The number of anilines is 1. The summed E-state index contributed by atoms with van der Waals surface area (Å²) in [6, 6.07) is 18.6. The highest BCUT2D eigenvalue weighted by Gasteiger charge is 2.42. The fourth-order valence-corrected chi connectivity index (χ4v) is 5.85. The molecule has 0 aliphatic carbocycles. The van der Waals surface area contributed by atoms with Crippen molar-refractivity contribution in [2.45, 2.75) is 19.4 Å². The van der Waals surface area contributed by atoms with Crippen LogP contribution in [0.5, 0.6) is 0 Å². The molecule has 1 unspecified atom stereocenters. The number of rotatable bonds is 7. The first kappa shape index (κ1) is 24.0. The molecular formula is C27H22FN3O3S2. The van der Waals surface area contributed by atoms with Crippen molar-refractivity contribution in [2.24, 2.45) is 4.99 Å². The lowest BCUT2D eigenvalue weighted by Gasteiger charge is -2.36. The minimum atomic E-state index is -0.494. The lowest BCUT2D eigenvalue weighted by molar-refractivity contribution is -0.139. The SMILES string of the molecule is CCOC(=O)C1=C(c2ccccc2)N=C2SC=C(CC(=O)Nc3ccc(F)cc3)N2C1c1cccs1. The highest BCUT2D eigenvalue weighted by Crippen LogP contribution is 2.48. The standard InChI is InChI=1S/C27H22FN3O3S2/c1-2-34-26(33)23-24(17-7-4-3-5-8-17)30-27-31(25(23)21-9-6-14-35-21)20(16-36-27)15-22(32)29-19-12-10-18(28)11-13-19/h3-14,16,25H,2,15H2,1H3,(H,29,32). The lowest BCUT2D eigenvalue weighted by Crippen LogP contribution is -2.37. The van der Waals surface area contributed by atoms with Crippen molar-refractivity contribution in [3.8, 4) is 0 Å². The quantitative estimate of drug-likeness (QED) is 0.377. The molecule has 0 radical (unpaired) electrons. The molecule has 3 aromatic rings. The summed E-state index contributed by atoms with van der Waals surface area (Å²) in [6.07, 6.45) is 0.0576. The van der Waals surface area contributed by atoms with E-state index < -0.39 is 12.0 Å². The Balaban J connectivity index is 1.52. The van der Waals surface area contributed by atoms with E-state index in [1.807, 2.05) is 58.2 Å². The van der Waals surface area contributed by atoms with E-state index in [4.69, 9.17) is 9.73 Å². The molecule has 182 valence electrons. The van der Waals surface area contributed by atoms with E-state index in [9.17, 15) is 14.0 Å². The Morgan fingerprint density at radius 2 is 1.86 bits per heavy atom. The molecule has 6 nitrogen and oxygen atoms in total. The number of nitrogens with one attached hydrogen (secondary N) is 1. The van der Waals surface area contributed by atoms with Gasteiger partial charge in [-0.15, -0.1) is 11.3 Å². The van der Waals surface area contributed by atoms with Gasteiger partial charge in [0.1, 0.15) is 11.9 Å². The van der Waals surface area contributed by atoms with Crippen molar-refractivity contribution in [1.29, 1.82) is 0 Å². The topological polar surface area (TPSA) is 71.0 Å². The highest BCUT2D eigenvalue weighted by molar-refractivity contribution is 8.16. The first-order chi connectivity index (χ1) is 17.5. The summed E-state index contributed by atoms with van der Waals surface area (Å²) < 4.78 is 18.7. The number of nitrogens with zero attached hydrogens (tertiary/aromatic N) is 2. The zero-order valence-electron chi connectivity index (χ0n) is 19.3. The third-order valence-corrected chi connectivity index (χ3v) is 7.45. The predicted octanol–water partition coefficient (Wildman–Crippen LogP) is 6.19. The number of aliphatic imine (C=N–C) groups is 1. The van der Waals surface area contributed by atoms with E-state index in [-0.39, 0.29) is 24.8 Å². The number of fused-ring (bicyclic) bond motifs is 1. The van der Waals surface area contributed by atoms with Gasteiger partial charge >= 0.3 is 5.97 Å². The molecule has 2 aromatic carbocycles. The van der Waals surface area contributed by atoms with Crippen molar-refractivity contribution in [3.05, 3.63) is 105 Å². The molecule has 5 rings (SSSR count). The van der Waals surface area contributed by atoms with E-state index in [0.717, 1.165) is 10.4 Å². The molecule has 0 spiro atoms. The van der Waals surface area contributed by atoms with Crippen molar-refractivity contribution >= 4 is 51.5 Å². The molecule has 2 aliphatic heterocycles. The van der Waals surface area contributed by atoms with Crippen LogP contribution in [-0.2, 0) is 14.3 Å². The minimum absolute atomic E-state index is 0.0576. The number of halogens is 1. The number of thioether (sulfide) groups is 1. The molecule has 2 aliphatic rings. The Kier molecular flexibility index (Phi) is 7.02. The maximum Gasteiger partial charge on any atom is 0.338 e. The summed E-state index contributed by atoms with van der Waals surface area (Å²) >= 11 is 2.94. The normalized spacial score (nSPS) is 16.8. The van der Waals surface area contributed by atoms with Crippen LogP contribution in [0.25, 0.3) is 5.70 Å². The molecule has 0 bridgehead atoms. The summed E-state index contributed by atoms with van der Waals surface area (Å²) in [5.41, 5.74) is 3.04. The molecule has 1 atom stereocenters. The predicted molar refractivity (Wildman–Crippen MR) is 142 cm³/mol. The Morgan fingerprint density at radius 1 is 1.08 bits per heavy atom. The van der Waals surface area contributed by atoms with Gasteiger partial charge in [-0.25, -0.2) is 14.2 Å². The zero-order chi connectivity index (χ0) is 25.1. The Labute approximate surface area is 216 Å². The van der Waals surface area contributed by atoms with E-state index in [1.165, 1.54) is 47.4 Å². The van der Waals surface area contributed by atoms with Crippen LogP contribution in [0, 0.1) is 5.82 Å². The number of thiophene rings is 1. The molecule has 1 aromatic heterocycles. The molecule has 0 saturated carbocycles. The second kappa shape index (κ2) is 10.5. The zero-order valence-corrected chi connectivity index (χ0v) is 20.9. The molecule has 1 amide bonds. The number of carbonyl (C=O) groups is 2. The Bertz CT molecular complexity index is 1370. The molecule has 0 fully saturated rings. The number of amides is 1. The van der Waals surface area contributed by atoms with Crippen molar-refractivity contribution < 1.29 is 18.7 Å². The van der Waals surface area contributed by atoms with Gasteiger partial charge in [-0.2, -0.15) is 0 Å². The van der Waals surface area contributed by atoms with Gasteiger partial charge in [0.05, 0.1) is 24.3 Å². The van der Waals surface area contributed by atoms with Crippen LogP contribution in [-0.4, -0.2) is 28.6 Å². The summed E-state index contributed by atoms with van der Waals surface area (Å²) in [5.74, 6) is -1.07. The minimum Gasteiger partial charge on any atom is -0.463 e. The van der Waals surface area contributed by atoms with Crippen molar-refractivity contribution in [1.82, 2.24) is 4.90 Å². The first-order valence-corrected chi connectivity index (χ1v) is 13.1. The summed E-state index contributed by atoms with van der Waals surface area (Å²) in [4.78, 5) is 34.0. The number of carbonyl (C=O) groups excluding carboxylic acids is 2. The second-order valence-electron chi connectivity index (χ2n) is 7.99. The molecule has 1 N–H and O–H groups in total. The van der Waals surface area contributed by atoms with Crippen molar-refractivity contribution in [2.75, 3.05) is 11.9 Å². The van der Waals surface area contributed by atoms with E-state index in [0.29, 0.717) is 27.8 Å². The van der Waals surface area contributed by atoms with Gasteiger partial charge < -0.3 is 15.0 Å². The number of hydrogen-bond acceptors (Lipinski definition) is 7. The van der Waals surface area contributed by atoms with Crippen LogP contribution in [0.3, 0.4) is 0 Å². The Morgan fingerprint density at radius 3 is 2.56 bits per heavy atom. The van der Waals surface area contributed by atoms with Crippen LogP contribution >= 0.6 is 23.1 Å².